The van der Waals surface area contributed by atoms with Crippen LogP contribution in [-0.2, 0) is 0 Å². The molecule has 0 aliphatic heterocycles. The highest BCUT2D eigenvalue weighted by Gasteiger charge is 1.96. The lowest BCUT2D eigenvalue weighted by Crippen LogP contribution is -1.85. The van der Waals surface area contributed by atoms with Crippen molar-refractivity contribution in [1.29, 1.82) is 0 Å². The molecule has 1 heterocycles. The monoisotopic (exact) mass is 285 g/mol. The van der Waals surface area contributed by atoms with Crippen LogP contribution in [0.25, 0.3) is 0 Å². The fraction of sp³-hybridized carbons (Fsp3) is 0.100. The van der Waals surface area contributed by atoms with Crippen LogP contribution < -0.4 is 3.98 Å². The molecule has 0 radical (unpaired) electrons. The van der Waals surface area contributed by atoms with E-state index in [4.69, 9.17) is 0 Å². The van der Waals surface area contributed by atoms with Gasteiger partial charge in [-0.1, -0.05) is 15.9 Å². The number of nitrogens with zero attached hydrogens (tertiary/aromatic N) is 1. The van der Waals surface area contributed by atoms with Crippen LogP contribution in [0, 0.1) is 6.92 Å². The molecule has 0 N–H and O–H groups in total. The average molecular weight is 286 g/mol. The number of hydrogen-bond acceptors (Lipinski definition) is 3. The Kier molecular flexibility index (Phi) is 3.15. The number of halogens is 1. The molecular weight excluding hydrogens is 278 g/mol. The summed E-state index contributed by atoms with van der Waals surface area (Å²) in [6.07, 6.45) is 0. The van der Waals surface area contributed by atoms with Crippen molar-refractivity contribution in [1.82, 2.24) is 0 Å². The molecule has 0 bridgehead atoms. The molecular formula is C10H8BrNS2. The first-order valence-electron chi connectivity index (χ1n) is 4.09. The Balaban J connectivity index is 2.49. The van der Waals surface area contributed by atoms with E-state index in [9.17, 15) is 0 Å². The number of benzene rings is 1. The van der Waals surface area contributed by atoms with Crippen molar-refractivity contribution in [3.8, 4) is 0 Å². The molecule has 0 saturated heterocycles. The van der Waals surface area contributed by atoms with E-state index in [2.05, 4.69) is 44.7 Å². The lowest BCUT2D eigenvalue weighted by Gasteiger charge is -1.98. The fourth-order valence-corrected chi connectivity index (χ4v) is 3.11. The standard InChI is InChI=1S/C10H8BrNS2/c1-7-6-8(11)2-3-9(7)12-10-13-4-5-14-10/h2-6H,1H3. The summed E-state index contributed by atoms with van der Waals surface area (Å²) in [7, 11) is 0. The van der Waals surface area contributed by atoms with Crippen molar-refractivity contribution < 1.29 is 0 Å². The molecule has 0 atom stereocenters. The summed E-state index contributed by atoms with van der Waals surface area (Å²) in [6, 6.07) is 6.13. The molecule has 0 spiro atoms. The topological polar surface area (TPSA) is 12.4 Å². The Bertz CT molecular complexity index is 482. The molecule has 0 aliphatic rings. The molecule has 0 fully saturated rings. The largest absolute Gasteiger partial charge is 0.227 e. The maximum absolute atomic E-state index is 4.56. The number of rotatable bonds is 1. The second-order valence-corrected chi connectivity index (χ2v) is 5.78. The van der Waals surface area contributed by atoms with Crippen LogP contribution in [0.5, 0.6) is 0 Å². The number of hydrogen-bond donors (Lipinski definition) is 0. The van der Waals surface area contributed by atoms with Gasteiger partial charge in [-0.2, -0.15) is 0 Å². The maximum atomic E-state index is 4.56. The summed E-state index contributed by atoms with van der Waals surface area (Å²) in [5.41, 5.74) is 2.24. The van der Waals surface area contributed by atoms with E-state index in [1.807, 2.05) is 12.1 Å². The highest BCUT2D eigenvalue weighted by molar-refractivity contribution is 9.10. The predicted molar refractivity (Wildman–Crippen MR) is 66.3 cm³/mol. The van der Waals surface area contributed by atoms with E-state index < -0.39 is 0 Å². The third kappa shape index (κ3) is 2.32. The first-order chi connectivity index (χ1) is 6.75. The summed E-state index contributed by atoms with van der Waals surface area (Å²) < 4.78 is 2.19. The second-order valence-electron chi connectivity index (χ2n) is 2.82. The number of aryl methyl sites for hydroxylation is 1. The van der Waals surface area contributed by atoms with Crippen LogP contribution in [-0.4, -0.2) is 0 Å². The van der Waals surface area contributed by atoms with Crippen LogP contribution in [0.15, 0.2) is 38.4 Å². The highest BCUT2D eigenvalue weighted by Crippen LogP contribution is 2.22. The van der Waals surface area contributed by atoms with Crippen molar-refractivity contribution in [3.63, 3.8) is 0 Å². The van der Waals surface area contributed by atoms with Gasteiger partial charge in [-0.3, -0.25) is 0 Å². The summed E-state index contributed by atoms with van der Waals surface area (Å²) in [5, 5.41) is 4.11. The lowest BCUT2D eigenvalue weighted by atomic mass is 10.2. The summed E-state index contributed by atoms with van der Waals surface area (Å²) in [5.74, 6) is 0. The minimum Gasteiger partial charge on any atom is -0.227 e. The molecule has 2 aromatic rings. The Morgan fingerprint density at radius 1 is 1.21 bits per heavy atom. The van der Waals surface area contributed by atoms with Gasteiger partial charge in [-0.05, 0) is 30.7 Å². The van der Waals surface area contributed by atoms with Gasteiger partial charge in [0.25, 0.3) is 0 Å². The molecule has 0 saturated carbocycles. The van der Waals surface area contributed by atoms with Crippen molar-refractivity contribution >= 4 is 44.3 Å². The Labute approximate surface area is 98.9 Å². The molecule has 0 unspecified atom stereocenters. The van der Waals surface area contributed by atoms with E-state index in [-0.39, 0.29) is 0 Å². The van der Waals surface area contributed by atoms with Crippen LogP contribution in [0.1, 0.15) is 5.56 Å². The lowest BCUT2D eigenvalue weighted by molar-refractivity contribution is 1.35. The van der Waals surface area contributed by atoms with Gasteiger partial charge in [0.1, 0.15) is 0 Å². The molecule has 2 rings (SSSR count). The van der Waals surface area contributed by atoms with Crippen molar-refractivity contribution in [2.45, 2.75) is 6.92 Å². The van der Waals surface area contributed by atoms with Crippen molar-refractivity contribution in [3.05, 3.63) is 43.0 Å². The first-order valence-corrected chi connectivity index (χ1v) is 6.64. The minimum absolute atomic E-state index is 1.05. The first kappa shape index (κ1) is 10.1. The molecule has 0 aliphatic carbocycles. The molecule has 1 nitrogen and oxygen atoms in total. The van der Waals surface area contributed by atoms with E-state index in [1.165, 1.54) is 5.56 Å². The van der Waals surface area contributed by atoms with Gasteiger partial charge in [0, 0.05) is 15.2 Å². The van der Waals surface area contributed by atoms with Crippen LogP contribution in [0.3, 0.4) is 0 Å². The maximum Gasteiger partial charge on any atom is 0.170 e. The second kappa shape index (κ2) is 4.38. The zero-order chi connectivity index (χ0) is 9.97. The van der Waals surface area contributed by atoms with Crippen LogP contribution in [0.4, 0.5) is 5.69 Å². The smallest absolute Gasteiger partial charge is 0.170 e. The normalized spacial score (nSPS) is 10.1. The van der Waals surface area contributed by atoms with Gasteiger partial charge in [0.15, 0.2) is 3.98 Å². The molecule has 1 aromatic carbocycles. The molecule has 72 valence electrons. The van der Waals surface area contributed by atoms with Crippen LogP contribution in [0.2, 0.25) is 0 Å². The Morgan fingerprint density at radius 2 is 1.93 bits per heavy atom. The van der Waals surface area contributed by atoms with E-state index >= 15 is 0 Å². The van der Waals surface area contributed by atoms with Gasteiger partial charge >= 0.3 is 0 Å². The SMILES string of the molecule is Cc1cc(Br)ccc1N=c1sccs1. The summed E-state index contributed by atoms with van der Waals surface area (Å²) in [6.45, 7) is 2.07. The Morgan fingerprint density at radius 3 is 2.57 bits per heavy atom. The third-order valence-corrected chi connectivity index (χ3v) is 4.14. The van der Waals surface area contributed by atoms with Crippen molar-refractivity contribution in [2.75, 3.05) is 0 Å². The van der Waals surface area contributed by atoms with E-state index in [1.54, 1.807) is 22.7 Å². The zero-order valence-corrected chi connectivity index (χ0v) is 10.7. The van der Waals surface area contributed by atoms with Crippen LogP contribution >= 0.6 is 38.6 Å². The quantitative estimate of drug-likeness (QED) is 0.748. The minimum atomic E-state index is 1.05. The van der Waals surface area contributed by atoms with Crippen molar-refractivity contribution in [2.24, 2.45) is 4.99 Å². The predicted octanol–water partition coefficient (Wildman–Crippen LogP) is 4.11. The van der Waals surface area contributed by atoms with Gasteiger partial charge in [-0.15, -0.1) is 22.7 Å². The molecule has 1 aromatic heterocycles. The molecule has 4 heteroatoms. The highest BCUT2D eigenvalue weighted by atomic mass is 79.9. The average Bonchev–Trinajstić information content (AvgIpc) is 2.62. The summed E-state index contributed by atoms with van der Waals surface area (Å²) in [4.78, 5) is 4.56. The zero-order valence-electron chi connectivity index (χ0n) is 7.53. The van der Waals surface area contributed by atoms with Gasteiger partial charge in [0.2, 0.25) is 0 Å². The van der Waals surface area contributed by atoms with Gasteiger partial charge in [0.05, 0.1) is 5.69 Å². The molecule has 0 amide bonds. The Hall–Kier alpha value is -0.450. The van der Waals surface area contributed by atoms with Gasteiger partial charge < -0.3 is 0 Å². The third-order valence-electron chi connectivity index (χ3n) is 1.76. The molecule has 14 heavy (non-hydrogen) atoms. The summed E-state index contributed by atoms with van der Waals surface area (Å²) >= 11 is 6.78. The van der Waals surface area contributed by atoms with Gasteiger partial charge in [-0.25, -0.2) is 4.99 Å². The van der Waals surface area contributed by atoms with E-state index in [0.717, 1.165) is 14.1 Å². The fourth-order valence-electron chi connectivity index (χ4n) is 1.10. The van der Waals surface area contributed by atoms with E-state index in [0.29, 0.717) is 0 Å².